The van der Waals surface area contributed by atoms with E-state index < -0.39 is 10.0 Å². The van der Waals surface area contributed by atoms with Gasteiger partial charge in [-0.25, -0.2) is 13.1 Å². The number of morpholine rings is 1. The molecule has 1 aliphatic rings. The second-order valence-electron chi connectivity index (χ2n) is 6.09. The predicted octanol–water partition coefficient (Wildman–Crippen LogP) is 1.47. The molecule has 0 aliphatic carbocycles. The van der Waals surface area contributed by atoms with Gasteiger partial charge in [-0.05, 0) is 45.0 Å². The predicted molar refractivity (Wildman–Crippen MR) is 89.2 cm³/mol. The molecule has 6 nitrogen and oxygen atoms in total. The van der Waals surface area contributed by atoms with Crippen molar-refractivity contribution >= 4 is 10.0 Å². The topological polar surface area (TPSA) is 67.9 Å². The molecule has 0 saturated carbocycles. The minimum absolute atomic E-state index is 0.108. The quantitative estimate of drug-likeness (QED) is 0.848. The van der Waals surface area contributed by atoms with Gasteiger partial charge in [0.2, 0.25) is 10.0 Å². The van der Waals surface area contributed by atoms with Gasteiger partial charge < -0.3 is 9.47 Å². The lowest BCUT2D eigenvalue weighted by atomic mass is 10.2. The third-order valence-electron chi connectivity index (χ3n) is 4.01. The Morgan fingerprint density at radius 2 is 1.83 bits per heavy atom. The molecule has 0 aromatic heterocycles. The van der Waals surface area contributed by atoms with Gasteiger partial charge in [0.1, 0.15) is 5.75 Å². The molecule has 0 unspecified atom stereocenters. The zero-order chi connectivity index (χ0) is 17.0. The van der Waals surface area contributed by atoms with Gasteiger partial charge in [0.25, 0.3) is 0 Å². The van der Waals surface area contributed by atoms with Crippen LogP contribution in [0.3, 0.4) is 0 Å². The highest BCUT2D eigenvalue weighted by Crippen LogP contribution is 2.16. The maximum Gasteiger partial charge on any atom is 0.240 e. The first-order valence-corrected chi connectivity index (χ1v) is 9.33. The van der Waals surface area contributed by atoms with Crippen molar-refractivity contribution in [3.63, 3.8) is 0 Å². The number of nitrogens with one attached hydrogen (secondary N) is 1. The Kier molecular flexibility index (Phi) is 6.02. The molecule has 1 aromatic carbocycles. The van der Waals surface area contributed by atoms with E-state index in [1.807, 2.05) is 20.8 Å². The first-order chi connectivity index (χ1) is 10.8. The van der Waals surface area contributed by atoms with Crippen molar-refractivity contribution in [3.8, 4) is 5.75 Å². The molecule has 130 valence electrons. The van der Waals surface area contributed by atoms with E-state index in [1.165, 1.54) is 0 Å². The lowest BCUT2D eigenvalue weighted by Crippen LogP contribution is -2.52. The Morgan fingerprint density at radius 3 is 2.35 bits per heavy atom. The Balaban J connectivity index is 1.95. The minimum atomic E-state index is -3.51. The average Bonchev–Trinajstić information content (AvgIpc) is 2.52. The van der Waals surface area contributed by atoms with Crippen LogP contribution in [0.4, 0.5) is 0 Å². The normalized spacial score (nSPS) is 24.3. The first kappa shape index (κ1) is 18.2. The third kappa shape index (κ3) is 4.91. The van der Waals surface area contributed by atoms with Gasteiger partial charge in [-0.2, -0.15) is 0 Å². The van der Waals surface area contributed by atoms with Crippen LogP contribution >= 0.6 is 0 Å². The lowest BCUT2D eigenvalue weighted by molar-refractivity contribution is -0.0776. The van der Waals surface area contributed by atoms with Crippen molar-refractivity contribution in [2.75, 3.05) is 26.7 Å². The van der Waals surface area contributed by atoms with Gasteiger partial charge in [0.05, 0.1) is 24.2 Å². The molecular formula is C16H26N2O4S. The number of benzene rings is 1. The molecule has 1 N–H and O–H groups in total. The SMILES string of the molecule is COc1ccc(S(=O)(=O)NC[C@H](C)N2C[C@@H](C)O[C@@H](C)C2)cc1. The molecule has 2 rings (SSSR count). The Hall–Kier alpha value is -1.15. The Bertz CT molecular complexity index is 593. The Morgan fingerprint density at radius 1 is 1.26 bits per heavy atom. The summed E-state index contributed by atoms with van der Waals surface area (Å²) in [6.45, 7) is 8.11. The van der Waals surface area contributed by atoms with E-state index in [-0.39, 0.29) is 23.1 Å². The van der Waals surface area contributed by atoms with E-state index in [0.29, 0.717) is 12.3 Å². The number of hydrogen-bond donors (Lipinski definition) is 1. The molecule has 3 atom stereocenters. The van der Waals surface area contributed by atoms with Gasteiger partial charge in [-0.1, -0.05) is 0 Å². The minimum Gasteiger partial charge on any atom is -0.497 e. The summed E-state index contributed by atoms with van der Waals surface area (Å²) in [6, 6.07) is 6.49. The molecule has 23 heavy (non-hydrogen) atoms. The fraction of sp³-hybridized carbons (Fsp3) is 0.625. The number of methoxy groups -OCH3 is 1. The van der Waals surface area contributed by atoms with Crippen molar-refractivity contribution < 1.29 is 17.9 Å². The van der Waals surface area contributed by atoms with E-state index in [4.69, 9.17) is 9.47 Å². The van der Waals surface area contributed by atoms with Gasteiger partial charge >= 0.3 is 0 Å². The van der Waals surface area contributed by atoms with E-state index >= 15 is 0 Å². The second kappa shape index (κ2) is 7.61. The zero-order valence-corrected chi connectivity index (χ0v) is 15.0. The number of sulfonamides is 1. The van der Waals surface area contributed by atoms with Crippen LogP contribution in [0.5, 0.6) is 5.75 Å². The highest BCUT2D eigenvalue weighted by atomic mass is 32.2. The summed E-state index contributed by atoms with van der Waals surface area (Å²) in [4.78, 5) is 2.50. The fourth-order valence-electron chi connectivity index (χ4n) is 2.78. The highest BCUT2D eigenvalue weighted by molar-refractivity contribution is 7.89. The van der Waals surface area contributed by atoms with Crippen LogP contribution in [0.2, 0.25) is 0 Å². The third-order valence-corrected chi connectivity index (χ3v) is 5.45. The molecule has 1 saturated heterocycles. The molecule has 1 heterocycles. The van der Waals surface area contributed by atoms with Crippen LogP contribution in [0.25, 0.3) is 0 Å². The average molecular weight is 342 g/mol. The van der Waals surface area contributed by atoms with Crippen molar-refractivity contribution in [2.45, 2.75) is 43.9 Å². The van der Waals surface area contributed by atoms with E-state index in [0.717, 1.165) is 13.1 Å². The molecule has 0 spiro atoms. The summed E-state index contributed by atoms with van der Waals surface area (Å²) >= 11 is 0. The molecular weight excluding hydrogens is 316 g/mol. The summed E-state index contributed by atoms with van der Waals surface area (Å²) < 4.78 is 38.2. The van der Waals surface area contributed by atoms with Gasteiger partial charge in [-0.15, -0.1) is 0 Å². The zero-order valence-electron chi connectivity index (χ0n) is 14.2. The molecule has 0 amide bonds. The molecule has 7 heteroatoms. The van der Waals surface area contributed by atoms with Gasteiger partial charge in [0.15, 0.2) is 0 Å². The largest absolute Gasteiger partial charge is 0.497 e. The summed E-state index contributed by atoms with van der Waals surface area (Å²) in [5.74, 6) is 0.633. The number of rotatable bonds is 6. The van der Waals surface area contributed by atoms with Gasteiger partial charge in [0, 0.05) is 25.7 Å². The number of ether oxygens (including phenoxy) is 2. The number of nitrogens with zero attached hydrogens (tertiary/aromatic N) is 1. The molecule has 1 aliphatic heterocycles. The summed E-state index contributed by atoms with van der Waals surface area (Å²) in [5.41, 5.74) is 0. The molecule has 0 bridgehead atoms. The summed E-state index contributed by atoms with van der Waals surface area (Å²) in [5, 5.41) is 0. The molecule has 1 fully saturated rings. The highest BCUT2D eigenvalue weighted by Gasteiger charge is 2.26. The fourth-order valence-corrected chi connectivity index (χ4v) is 3.90. The molecule has 1 aromatic rings. The first-order valence-electron chi connectivity index (χ1n) is 7.85. The van der Waals surface area contributed by atoms with Crippen molar-refractivity contribution in [2.24, 2.45) is 0 Å². The monoisotopic (exact) mass is 342 g/mol. The van der Waals surface area contributed by atoms with Crippen LogP contribution < -0.4 is 9.46 Å². The summed E-state index contributed by atoms with van der Waals surface area (Å²) in [7, 11) is -1.96. The van der Waals surface area contributed by atoms with Crippen LogP contribution in [0.1, 0.15) is 20.8 Å². The Labute approximate surface area is 138 Å². The summed E-state index contributed by atoms with van der Waals surface area (Å²) in [6.07, 6.45) is 0.332. The van der Waals surface area contributed by atoms with Crippen molar-refractivity contribution in [3.05, 3.63) is 24.3 Å². The van der Waals surface area contributed by atoms with Gasteiger partial charge in [-0.3, -0.25) is 4.90 Å². The lowest BCUT2D eigenvalue weighted by Gasteiger charge is -2.38. The standard InChI is InChI=1S/C16H26N2O4S/c1-12(18-10-13(2)22-14(3)11-18)9-17-23(19,20)16-7-5-15(21-4)6-8-16/h5-8,12-14,17H,9-11H2,1-4H3/t12-,13-,14+/m0/s1. The van der Waals surface area contributed by atoms with E-state index in [9.17, 15) is 8.42 Å². The van der Waals surface area contributed by atoms with E-state index in [2.05, 4.69) is 9.62 Å². The van der Waals surface area contributed by atoms with Crippen molar-refractivity contribution in [1.29, 1.82) is 0 Å². The van der Waals surface area contributed by atoms with Crippen LogP contribution in [-0.4, -0.2) is 58.3 Å². The van der Waals surface area contributed by atoms with Crippen LogP contribution in [0, 0.1) is 0 Å². The number of hydrogen-bond acceptors (Lipinski definition) is 5. The smallest absolute Gasteiger partial charge is 0.240 e. The second-order valence-corrected chi connectivity index (χ2v) is 7.85. The maximum absolute atomic E-state index is 12.4. The molecule has 0 radical (unpaired) electrons. The van der Waals surface area contributed by atoms with E-state index in [1.54, 1.807) is 31.4 Å². The van der Waals surface area contributed by atoms with Crippen LogP contribution in [-0.2, 0) is 14.8 Å². The van der Waals surface area contributed by atoms with Crippen LogP contribution in [0.15, 0.2) is 29.2 Å². The van der Waals surface area contributed by atoms with Crippen molar-refractivity contribution in [1.82, 2.24) is 9.62 Å². The maximum atomic E-state index is 12.4.